The van der Waals surface area contributed by atoms with Gasteiger partial charge in [0, 0.05) is 19.2 Å². The van der Waals surface area contributed by atoms with Crippen molar-refractivity contribution in [1.82, 2.24) is 10.6 Å². The number of rotatable bonds is 8. The van der Waals surface area contributed by atoms with Crippen LogP contribution in [0.2, 0.25) is 0 Å². The predicted octanol–water partition coefficient (Wildman–Crippen LogP) is 1.13. The fourth-order valence-corrected chi connectivity index (χ4v) is 1.47. The lowest BCUT2D eigenvalue weighted by Crippen LogP contribution is -2.39. The van der Waals surface area contributed by atoms with Gasteiger partial charge in [-0.15, -0.1) is 0 Å². The Morgan fingerprint density at radius 1 is 1.32 bits per heavy atom. The quantitative estimate of drug-likeness (QED) is 0.698. The third-order valence-corrected chi connectivity index (χ3v) is 2.46. The van der Waals surface area contributed by atoms with Crippen LogP contribution in [0, 0.1) is 0 Å². The molecular weight excluding hydrogens is 254 g/mol. The molecule has 0 aliphatic heterocycles. The van der Waals surface area contributed by atoms with Crippen molar-refractivity contribution >= 4 is 5.91 Å². The Kier molecular flexibility index (Phi) is 6.38. The first-order valence-electron chi connectivity index (χ1n) is 5.96. The molecule has 0 saturated carbocycles. The van der Waals surface area contributed by atoms with Crippen LogP contribution in [0.15, 0.2) is 30.3 Å². The van der Waals surface area contributed by atoms with Gasteiger partial charge in [-0.2, -0.15) is 8.78 Å². The maximum atomic E-state index is 13.7. The monoisotopic (exact) mass is 272 g/mol. The van der Waals surface area contributed by atoms with Crippen molar-refractivity contribution in [3.63, 3.8) is 0 Å². The van der Waals surface area contributed by atoms with E-state index in [0.717, 1.165) is 0 Å². The van der Waals surface area contributed by atoms with Crippen LogP contribution in [-0.2, 0) is 15.5 Å². The van der Waals surface area contributed by atoms with Crippen LogP contribution in [0.25, 0.3) is 0 Å². The third-order valence-electron chi connectivity index (χ3n) is 2.46. The normalized spacial score (nSPS) is 11.3. The van der Waals surface area contributed by atoms with Crippen molar-refractivity contribution in [2.24, 2.45) is 0 Å². The Balaban J connectivity index is 2.30. The molecule has 0 spiro atoms. The number of halogens is 2. The summed E-state index contributed by atoms with van der Waals surface area (Å²) in [4.78, 5) is 11.3. The average Bonchev–Trinajstić information content (AvgIpc) is 2.40. The first-order chi connectivity index (χ1) is 9.06. The van der Waals surface area contributed by atoms with Crippen molar-refractivity contribution in [2.45, 2.75) is 5.92 Å². The van der Waals surface area contributed by atoms with Gasteiger partial charge in [-0.05, 0) is 0 Å². The molecule has 106 valence electrons. The smallest absolute Gasteiger partial charge is 0.285 e. The van der Waals surface area contributed by atoms with Crippen molar-refractivity contribution in [3.05, 3.63) is 35.9 Å². The molecule has 0 atom stereocenters. The second kappa shape index (κ2) is 7.81. The fourth-order valence-electron chi connectivity index (χ4n) is 1.47. The van der Waals surface area contributed by atoms with E-state index in [2.05, 4.69) is 10.6 Å². The molecule has 0 aliphatic rings. The summed E-state index contributed by atoms with van der Waals surface area (Å²) in [5, 5.41) is 4.99. The largest absolute Gasteiger partial charge is 0.383 e. The minimum atomic E-state index is -2.99. The molecule has 19 heavy (non-hydrogen) atoms. The maximum absolute atomic E-state index is 13.7. The first-order valence-corrected chi connectivity index (χ1v) is 5.96. The Morgan fingerprint density at radius 2 is 2.00 bits per heavy atom. The van der Waals surface area contributed by atoms with Gasteiger partial charge >= 0.3 is 0 Å². The highest BCUT2D eigenvalue weighted by Crippen LogP contribution is 2.26. The van der Waals surface area contributed by atoms with E-state index < -0.39 is 12.5 Å². The van der Waals surface area contributed by atoms with Crippen LogP contribution in [0.4, 0.5) is 8.78 Å². The van der Waals surface area contributed by atoms with Crippen molar-refractivity contribution in [1.29, 1.82) is 0 Å². The minimum Gasteiger partial charge on any atom is -0.383 e. The van der Waals surface area contributed by atoms with Gasteiger partial charge < -0.3 is 15.4 Å². The molecule has 1 aromatic carbocycles. The Bertz CT molecular complexity index is 385. The molecule has 0 saturated heterocycles. The number of nitrogens with one attached hydrogen (secondary N) is 2. The topological polar surface area (TPSA) is 50.4 Å². The summed E-state index contributed by atoms with van der Waals surface area (Å²) >= 11 is 0. The molecule has 0 aliphatic carbocycles. The summed E-state index contributed by atoms with van der Waals surface area (Å²) in [7, 11) is 1.52. The molecule has 1 aromatic rings. The summed E-state index contributed by atoms with van der Waals surface area (Å²) in [5.74, 6) is -3.32. The number of amides is 1. The number of methoxy groups -OCH3 is 1. The fraction of sp³-hybridized carbons (Fsp3) is 0.462. The van der Waals surface area contributed by atoms with Crippen LogP contribution in [0.3, 0.4) is 0 Å². The molecule has 0 radical (unpaired) electrons. The lowest BCUT2D eigenvalue weighted by atomic mass is 10.1. The Morgan fingerprint density at radius 3 is 2.63 bits per heavy atom. The highest BCUT2D eigenvalue weighted by atomic mass is 19.3. The van der Waals surface area contributed by atoms with Crippen LogP contribution < -0.4 is 10.6 Å². The maximum Gasteiger partial charge on any atom is 0.285 e. The van der Waals surface area contributed by atoms with E-state index in [1.807, 2.05) is 0 Å². The molecule has 0 unspecified atom stereocenters. The van der Waals surface area contributed by atoms with Crippen molar-refractivity contribution in [3.8, 4) is 0 Å². The van der Waals surface area contributed by atoms with E-state index in [-0.39, 0.29) is 18.0 Å². The van der Waals surface area contributed by atoms with E-state index in [9.17, 15) is 13.6 Å². The van der Waals surface area contributed by atoms with E-state index in [1.165, 1.54) is 19.2 Å². The number of carbonyl (C=O) groups is 1. The second-order valence-electron chi connectivity index (χ2n) is 4.02. The predicted molar refractivity (Wildman–Crippen MR) is 68.1 cm³/mol. The zero-order valence-corrected chi connectivity index (χ0v) is 10.8. The molecule has 1 rings (SSSR count). The minimum absolute atomic E-state index is 0.0673. The van der Waals surface area contributed by atoms with Gasteiger partial charge in [0.1, 0.15) is 0 Å². The van der Waals surface area contributed by atoms with Crippen LogP contribution in [0.1, 0.15) is 5.56 Å². The molecule has 0 bridgehead atoms. The Hall–Kier alpha value is -1.53. The second-order valence-corrected chi connectivity index (χ2v) is 4.02. The number of alkyl halides is 2. The Labute approximate surface area is 111 Å². The van der Waals surface area contributed by atoms with Gasteiger partial charge in [0.05, 0.1) is 19.7 Å². The number of ether oxygens (including phenoxy) is 1. The number of hydrogen-bond donors (Lipinski definition) is 2. The number of benzene rings is 1. The van der Waals surface area contributed by atoms with E-state index in [0.29, 0.717) is 13.2 Å². The summed E-state index contributed by atoms with van der Waals surface area (Å²) in [5.41, 5.74) is -0.0673. The molecule has 1 amide bonds. The molecule has 2 N–H and O–H groups in total. The first kappa shape index (κ1) is 15.5. The summed E-state index contributed by atoms with van der Waals surface area (Å²) in [6.07, 6.45) is 0. The number of carbonyl (C=O) groups excluding carboxylic acids is 1. The molecule has 0 fully saturated rings. The SMILES string of the molecule is COCCNC(=O)CNCC(F)(F)c1ccccc1. The van der Waals surface area contributed by atoms with Gasteiger partial charge in [0.25, 0.3) is 5.92 Å². The van der Waals surface area contributed by atoms with Gasteiger partial charge in [-0.3, -0.25) is 4.79 Å². The van der Waals surface area contributed by atoms with Crippen LogP contribution in [-0.4, -0.2) is 39.3 Å². The van der Waals surface area contributed by atoms with Gasteiger partial charge in [0.2, 0.25) is 5.91 Å². The standard InChI is InChI=1S/C13H18F2N2O2/c1-19-8-7-17-12(18)9-16-10-13(14,15)11-5-3-2-4-6-11/h2-6,16H,7-10H2,1H3,(H,17,18). The lowest BCUT2D eigenvalue weighted by molar-refractivity contribution is -0.120. The molecular formula is C13H18F2N2O2. The van der Waals surface area contributed by atoms with Crippen LogP contribution >= 0.6 is 0 Å². The van der Waals surface area contributed by atoms with Gasteiger partial charge in [-0.25, -0.2) is 0 Å². The van der Waals surface area contributed by atoms with Gasteiger partial charge in [-0.1, -0.05) is 30.3 Å². The van der Waals surface area contributed by atoms with Crippen molar-refractivity contribution < 1.29 is 18.3 Å². The highest BCUT2D eigenvalue weighted by Gasteiger charge is 2.30. The van der Waals surface area contributed by atoms with Crippen molar-refractivity contribution in [2.75, 3.05) is 33.4 Å². The molecule has 0 heterocycles. The zero-order chi connectivity index (χ0) is 14.1. The summed E-state index contributed by atoms with van der Waals surface area (Å²) in [6.45, 7) is 0.0405. The summed E-state index contributed by atoms with van der Waals surface area (Å²) < 4.78 is 32.2. The zero-order valence-electron chi connectivity index (χ0n) is 10.8. The number of hydrogen-bond acceptors (Lipinski definition) is 3. The van der Waals surface area contributed by atoms with E-state index in [4.69, 9.17) is 4.74 Å². The molecule has 6 heteroatoms. The van der Waals surface area contributed by atoms with Gasteiger partial charge in [0.15, 0.2) is 0 Å². The molecule has 4 nitrogen and oxygen atoms in total. The lowest BCUT2D eigenvalue weighted by Gasteiger charge is -2.17. The third kappa shape index (κ3) is 5.76. The van der Waals surface area contributed by atoms with Crippen LogP contribution in [0.5, 0.6) is 0 Å². The highest BCUT2D eigenvalue weighted by molar-refractivity contribution is 5.77. The van der Waals surface area contributed by atoms with E-state index in [1.54, 1.807) is 18.2 Å². The summed E-state index contributed by atoms with van der Waals surface area (Å²) in [6, 6.07) is 7.51. The van der Waals surface area contributed by atoms with E-state index >= 15 is 0 Å². The average molecular weight is 272 g/mol. The molecule has 0 aromatic heterocycles.